The molecule has 0 spiro atoms. The third kappa shape index (κ3) is 3.76. The van der Waals surface area contributed by atoms with Crippen LogP contribution in [-0.4, -0.2) is 46.8 Å². The minimum atomic E-state index is -0.752. The highest BCUT2D eigenvalue weighted by Gasteiger charge is 2.33. The fourth-order valence-corrected chi connectivity index (χ4v) is 3.51. The first-order valence-electron chi connectivity index (χ1n) is 9.75. The van der Waals surface area contributed by atoms with E-state index in [1.54, 1.807) is 25.1 Å². The molecule has 1 aliphatic rings. The normalized spacial score (nSPS) is 14.2. The number of ether oxygens (including phenoxy) is 1. The Morgan fingerprint density at radius 1 is 1.27 bits per heavy atom. The summed E-state index contributed by atoms with van der Waals surface area (Å²) in [6.45, 7) is 3.33. The van der Waals surface area contributed by atoms with Gasteiger partial charge in [-0.2, -0.15) is 0 Å². The number of benzene rings is 2. The van der Waals surface area contributed by atoms with Crippen LogP contribution in [0.4, 0.5) is 5.69 Å². The second kappa shape index (κ2) is 7.98. The molecule has 8 heteroatoms. The van der Waals surface area contributed by atoms with Crippen LogP contribution in [0.15, 0.2) is 42.5 Å². The first-order valence-corrected chi connectivity index (χ1v) is 9.75. The van der Waals surface area contributed by atoms with Gasteiger partial charge in [-0.15, -0.1) is 0 Å². The number of fused-ring (bicyclic) bond motifs is 2. The molecule has 2 heterocycles. The largest absolute Gasteiger partial charge is 0.482 e. The molecule has 8 nitrogen and oxygen atoms in total. The maximum absolute atomic E-state index is 12.7. The van der Waals surface area contributed by atoms with E-state index in [-0.39, 0.29) is 24.2 Å². The molecule has 2 N–H and O–H groups in total. The summed E-state index contributed by atoms with van der Waals surface area (Å²) in [5, 5.41) is 2.86. The standard InChI is InChI=1S/C22H22N4O4/c1-13(22(29)23-10-9-20-24-16-5-3-4-6-17(16)25-20)26-18-11-15(14(2)27)7-8-19(18)30-12-21(26)28/h3-8,11,13H,9-10,12H2,1-2H3,(H,23,29)(H,24,25). The van der Waals surface area contributed by atoms with Gasteiger partial charge in [0.25, 0.3) is 5.91 Å². The van der Waals surface area contributed by atoms with Crippen molar-refractivity contribution in [2.45, 2.75) is 26.3 Å². The molecule has 0 fully saturated rings. The fraction of sp³-hybridized carbons (Fsp3) is 0.273. The topological polar surface area (TPSA) is 104 Å². The number of H-pyrrole nitrogens is 1. The number of nitrogens with one attached hydrogen (secondary N) is 2. The minimum absolute atomic E-state index is 0.126. The molecule has 154 valence electrons. The van der Waals surface area contributed by atoms with E-state index < -0.39 is 6.04 Å². The number of aromatic nitrogens is 2. The number of nitrogens with zero attached hydrogens (tertiary/aromatic N) is 2. The Balaban J connectivity index is 1.45. The number of hydrogen-bond donors (Lipinski definition) is 2. The van der Waals surface area contributed by atoms with Crippen LogP contribution in [0.2, 0.25) is 0 Å². The Kier molecular flexibility index (Phi) is 5.22. The number of ketones is 1. The Labute approximate surface area is 173 Å². The lowest BCUT2D eigenvalue weighted by atomic mass is 10.1. The van der Waals surface area contributed by atoms with E-state index in [0.29, 0.717) is 30.0 Å². The number of anilines is 1. The highest BCUT2D eigenvalue weighted by atomic mass is 16.5. The van der Waals surface area contributed by atoms with E-state index in [4.69, 9.17) is 4.74 Å². The second-order valence-electron chi connectivity index (χ2n) is 7.21. The van der Waals surface area contributed by atoms with Crippen molar-refractivity contribution < 1.29 is 19.1 Å². The molecule has 1 unspecified atom stereocenters. The zero-order valence-electron chi connectivity index (χ0n) is 16.8. The van der Waals surface area contributed by atoms with Crippen molar-refractivity contribution in [3.63, 3.8) is 0 Å². The van der Waals surface area contributed by atoms with E-state index in [1.807, 2.05) is 24.3 Å². The summed E-state index contributed by atoms with van der Waals surface area (Å²) in [6.07, 6.45) is 0.537. The average Bonchev–Trinajstić information content (AvgIpc) is 3.15. The molecule has 1 aromatic heterocycles. The molecule has 0 radical (unpaired) electrons. The van der Waals surface area contributed by atoms with Crippen LogP contribution >= 0.6 is 0 Å². The second-order valence-corrected chi connectivity index (χ2v) is 7.21. The van der Waals surface area contributed by atoms with Crippen molar-refractivity contribution in [2.75, 3.05) is 18.1 Å². The van der Waals surface area contributed by atoms with Gasteiger partial charge in [0.05, 0.1) is 16.7 Å². The predicted molar refractivity (Wildman–Crippen MR) is 112 cm³/mol. The SMILES string of the molecule is CC(=O)c1ccc2c(c1)N(C(C)C(=O)NCCc1nc3ccccc3[nH]1)C(=O)CO2. The Morgan fingerprint density at radius 3 is 2.83 bits per heavy atom. The molecule has 4 rings (SSSR count). The Bertz CT molecular complexity index is 1100. The van der Waals surface area contributed by atoms with E-state index in [0.717, 1.165) is 16.9 Å². The molecule has 2 aromatic carbocycles. The van der Waals surface area contributed by atoms with E-state index in [9.17, 15) is 14.4 Å². The number of imidazole rings is 1. The summed E-state index contributed by atoms with van der Waals surface area (Å²) in [6, 6.07) is 11.9. The van der Waals surface area contributed by atoms with Gasteiger partial charge < -0.3 is 15.0 Å². The van der Waals surface area contributed by atoms with Gasteiger partial charge in [0.1, 0.15) is 17.6 Å². The smallest absolute Gasteiger partial charge is 0.265 e. The third-order valence-corrected chi connectivity index (χ3v) is 5.11. The van der Waals surface area contributed by atoms with E-state index in [2.05, 4.69) is 15.3 Å². The summed E-state index contributed by atoms with van der Waals surface area (Å²) >= 11 is 0. The molecule has 0 aliphatic carbocycles. The van der Waals surface area contributed by atoms with E-state index >= 15 is 0 Å². The van der Waals surface area contributed by atoms with Gasteiger partial charge >= 0.3 is 0 Å². The Hall–Kier alpha value is -3.68. The van der Waals surface area contributed by atoms with Crippen LogP contribution in [0, 0.1) is 0 Å². The number of para-hydroxylation sites is 2. The molecular formula is C22H22N4O4. The van der Waals surface area contributed by atoms with Crippen molar-refractivity contribution in [3.05, 3.63) is 53.9 Å². The van der Waals surface area contributed by atoms with Crippen LogP contribution in [0.25, 0.3) is 11.0 Å². The molecular weight excluding hydrogens is 384 g/mol. The van der Waals surface area contributed by atoms with Gasteiger partial charge in [0.2, 0.25) is 5.91 Å². The monoisotopic (exact) mass is 406 g/mol. The van der Waals surface area contributed by atoms with Crippen LogP contribution in [-0.2, 0) is 16.0 Å². The molecule has 0 saturated heterocycles. The van der Waals surface area contributed by atoms with Crippen molar-refractivity contribution in [2.24, 2.45) is 0 Å². The molecule has 0 saturated carbocycles. The molecule has 0 bridgehead atoms. The first-order chi connectivity index (χ1) is 14.4. The van der Waals surface area contributed by atoms with Crippen molar-refractivity contribution in [1.29, 1.82) is 0 Å². The summed E-state index contributed by atoms with van der Waals surface area (Å²) in [7, 11) is 0. The number of rotatable bonds is 6. The number of Topliss-reactive ketones (excluding diaryl/α,β-unsaturated/α-hetero) is 1. The predicted octanol–water partition coefficient (Wildman–Crippen LogP) is 2.24. The summed E-state index contributed by atoms with van der Waals surface area (Å²) < 4.78 is 5.45. The van der Waals surface area contributed by atoms with Crippen molar-refractivity contribution in [1.82, 2.24) is 15.3 Å². The lowest BCUT2D eigenvalue weighted by Crippen LogP contribution is -2.51. The fourth-order valence-electron chi connectivity index (χ4n) is 3.51. The number of hydrogen-bond acceptors (Lipinski definition) is 5. The van der Waals surface area contributed by atoms with Crippen molar-refractivity contribution in [3.8, 4) is 5.75 Å². The summed E-state index contributed by atoms with van der Waals surface area (Å²) in [4.78, 5) is 46.1. The highest BCUT2D eigenvalue weighted by Crippen LogP contribution is 2.34. The maximum Gasteiger partial charge on any atom is 0.265 e. The number of aromatic amines is 1. The lowest BCUT2D eigenvalue weighted by Gasteiger charge is -2.33. The van der Waals surface area contributed by atoms with Gasteiger partial charge in [-0.3, -0.25) is 19.3 Å². The lowest BCUT2D eigenvalue weighted by molar-refractivity contribution is -0.127. The number of carbonyl (C=O) groups excluding carboxylic acids is 3. The van der Waals surface area contributed by atoms with Crippen LogP contribution in [0.5, 0.6) is 5.75 Å². The van der Waals surface area contributed by atoms with Gasteiger partial charge in [-0.05, 0) is 44.2 Å². The zero-order chi connectivity index (χ0) is 21.3. The van der Waals surface area contributed by atoms with Gasteiger partial charge in [-0.1, -0.05) is 12.1 Å². The third-order valence-electron chi connectivity index (χ3n) is 5.11. The van der Waals surface area contributed by atoms with Gasteiger partial charge in [0, 0.05) is 18.5 Å². The average molecular weight is 406 g/mol. The van der Waals surface area contributed by atoms with Crippen LogP contribution in [0.1, 0.15) is 30.0 Å². The number of carbonyl (C=O) groups is 3. The molecule has 1 atom stereocenters. The van der Waals surface area contributed by atoms with Crippen molar-refractivity contribution >= 4 is 34.3 Å². The quantitative estimate of drug-likeness (QED) is 0.611. The maximum atomic E-state index is 12.7. The molecule has 1 aliphatic heterocycles. The highest BCUT2D eigenvalue weighted by molar-refractivity contribution is 6.05. The van der Waals surface area contributed by atoms with Crippen LogP contribution < -0.4 is 15.0 Å². The Morgan fingerprint density at radius 2 is 2.07 bits per heavy atom. The summed E-state index contributed by atoms with van der Waals surface area (Å²) in [5.41, 5.74) is 2.71. The van der Waals surface area contributed by atoms with Gasteiger partial charge in [-0.25, -0.2) is 4.98 Å². The molecule has 30 heavy (non-hydrogen) atoms. The first kappa shape index (κ1) is 19.6. The molecule has 3 aromatic rings. The van der Waals surface area contributed by atoms with Crippen LogP contribution in [0.3, 0.4) is 0 Å². The summed E-state index contributed by atoms with van der Waals surface area (Å²) in [5.74, 6) is 0.506. The van der Waals surface area contributed by atoms with E-state index in [1.165, 1.54) is 11.8 Å². The number of amides is 2. The zero-order valence-corrected chi connectivity index (χ0v) is 16.8. The minimum Gasteiger partial charge on any atom is -0.482 e. The molecule has 2 amide bonds. The van der Waals surface area contributed by atoms with Gasteiger partial charge in [0.15, 0.2) is 12.4 Å².